The van der Waals surface area contributed by atoms with Gasteiger partial charge in [-0.05, 0) is 42.8 Å². The Kier molecular flexibility index (Phi) is 7.80. The molecule has 0 amide bonds. The molecule has 24 heavy (non-hydrogen) atoms. The maximum Gasteiger partial charge on any atom is 0.118 e. The van der Waals surface area contributed by atoms with Crippen molar-refractivity contribution >= 4 is 0 Å². The first-order valence-corrected chi connectivity index (χ1v) is 8.90. The van der Waals surface area contributed by atoms with Crippen molar-refractivity contribution < 1.29 is 4.74 Å². The molecule has 1 atom stereocenters. The van der Waals surface area contributed by atoms with E-state index in [9.17, 15) is 0 Å². The average Bonchev–Trinajstić information content (AvgIpc) is 2.65. The molecule has 2 rings (SSSR count). The van der Waals surface area contributed by atoms with Gasteiger partial charge in [0.25, 0.3) is 0 Å². The third kappa shape index (κ3) is 5.66. The number of likely N-dealkylation sites (N-methyl/N-ethyl adjacent to an activating group) is 1. The summed E-state index contributed by atoms with van der Waals surface area (Å²) < 4.78 is 5.28. The SMILES string of the molecule is CCN(CC)CCNC(Cc1ccccc1)c1ccc(OC)cc1. The van der Waals surface area contributed by atoms with Crippen LogP contribution in [0.1, 0.15) is 31.0 Å². The first-order valence-electron chi connectivity index (χ1n) is 8.90. The number of rotatable bonds is 10. The molecule has 3 nitrogen and oxygen atoms in total. The van der Waals surface area contributed by atoms with E-state index in [0.29, 0.717) is 6.04 Å². The molecule has 2 aromatic rings. The van der Waals surface area contributed by atoms with Gasteiger partial charge in [0.05, 0.1) is 7.11 Å². The summed E-state index contributed by atoms with van der Waals surface area (Å²) in [6, 6.07) is 19.4. The normalized spacial score (nSPS) is 12.3. The van der Waals surface area contributed by atoms with Crippen molar-refractivity contribution in [2.75, 3.05) is 33.3 Å². The molecule has 0 aromatic heterocycles. The van der Waals surface area contributed by atoms with E-state index in [0.717, 1.165) is 38.3 Å². The van der Waals surface area contributed by atoms with E-state index < -0.39 is 0 Å². The molecule has 0 saturated heterocycles. The van der Waals surface area contributed by atoms with Gasteiger partial charge >= 0.3 is 0 Å². The molecule has 3 heteroatoms. The van der Waals surface area contributed by atoms with Crippen LogP contribution in [0.4, 0.5) is 0 Å². The van der Waals surface area contributed by atoms with Gasteiger partial charge in [0.1, 0.15) is 5.75 Å². The van der Waals surface area contributed by atoms with Gasteiger partial charge in [-0.25, -0.2) is 0 Å². The van der Waals surface area contributed by atoms with Crippen molar-refractivity contribution in [3.8, 4) is 5.75 Å². The Balaban J connectivity index is 2.05. The van der Waals surface area contributed by atoms with Gasteiger partial charge in [-0.1, -0.05) is 56.3 Å². The molecule has 0 aliphatic rings. The zero-order valence-electron chi connectivity index (χ0n) is 15.2. The van der Waals surface area contributed by atoms with E-state index in [4.69, 9.17) is 4.74 Å². The standard InChI is InChI=1S/C21H30N2O/c1-4-23(5-2)16-15-22-21(17-18-9-7-6-8-10-18)19-11-13-20(24-3)14-12-19/h6-14,21-22H,4-5,15-17H2,1-3H3. The fourth-order valence-electron chi connectivity index (χ4n) is 2.93. The van der Waals surface area contributed by atoms with Gasteiger partial charge in [0.15, 0.2) is 0 Å². The molecule has 1 N–H and O–H groups in total. The summed E-state index contributed by atoms with van der Waals surface area (Å²) in [7, 11) is 1.71. The molecule has 0 fully saturated rings. The summed E-state index contributed by atoms with van der Waals surface area (Å²) >= 11 is 0. The van der Waals surface area contributed by atoms with Gasteiger partial charge in [-0.15, -0.1) is 0 Å². The lowest BCUT2D eigenvalue weighted by molar-refractivity contribution is 0.296. The number of nitrogens with zero attached hydrogens (tertiary/aromatic N) is 1. The number of benzene rings is 2. The molecule has 0 heterocycles. The Bertz CT molecular complexity index is 564. The van der Waals surface area contributed by atoms with Crippen molar-refractivity contribution in [1.82, 2.24) is 10.2 Å². The summed E-state index contributed by atoms with van der Waals surface area (Å²) in [6.07, 6.45) is 0.991. The summed E-state index contributed by atoms with van der Waals surface area (Å²) in [5.74, 6) is 0.903. The minimum atomic E-state index is 0.314. The van der Waals surface area contributed by atoms with Gasteiger partial charge in [0, 0.05) is 19.1 Å². The quantitative estimate of drug-likeness (QED) is 0.716. The molecule has 0 bridgehead atoms. The highest BCUT2D eigenvalue weighted by Gasteiger charge is 2.12. The summed E-state index contributed by atoms with van der Waals surface area (Å²) in [4.78, 5) is 2.45. The second-order valence-corrected chi connectivity index (χ2v) is 6.00. The lowest BCUT2D eigenvalue weighted by Gasteiger charge is -2.23. The number of hydrogen-bond acceptors (Lipinski definition) is 3. The molecule has 2 aromatic carbocycles. The molecular formula is C21H30N2O. The highest BCUT2D eigenvalue weighted by atomic mass is 16.5. The Morgan fingerprint density at radius 2 is 1.62 bits per heavy atom. The number of hydrogen-bond donors (Lipinski definition) is 1. The molecule has 0 radical (unpaired) electrons. The Morgan fingerprint density at radius 1 is 0.958 bits per heavy atom. The van der Waals surface area contributed by atoms with E-state index >= 15 is 0 Å². The molecular weight excluding hydrogens is 296 g/mol. The van der Waals surface area contributed by atoms with Crippen LogP contribution in [0.5, 0.6) is 5.75 Å². The zero-order chi connectivity index (χ0) is 17.2. The second-order valence-electron chi connectivity index (χ2n) is 6.00. The van der Waals surface area contributed by atoms with Crippen LogP contribution in [0.3, 0.4) is 0 Å². The van der Waals surface area contributed by atoms with E-state index in [1.807, 2.05) is 12.1 Å². The monoisotopic (exact) mass is 326 g/mol. The molecule has 0 aliphatic heterocycles. The summed E-state index contributed by atoms with van der Waals surface area (Å²) in [5.41, 5.74) is 2.66. The second kappa shape index (κ2) is 10.1. The lowest BCUT2D eigenvalue weighted by atomic mass is 9.98. The topological polar surface area (TPSA) is 24.5 Å². The van der Waals surface area contributed by atoms with Crippen LogP contribution in [0.2, 0.25) is 0 Å². The Morgan fingerprint density at radius 3 is 2.21 bits per heavy atom. The van der Waals surface area contributed by atoms with Crippen LogP contribution in [0.15, 0.2) is 54.6 Å². The predicted molar refractivity (Wildman–Crippen MR) is 102 cm³/mol. The number of ether oxygens (including phenoxy) is 1. The molecule has 0 aliphatic carbocycles. The molecule has 1 unspecified atom stereocenters. The largest absolute Gasteiger partial charge is 0.497 e. The van der Waals surface area contributed by atoms with Crippen LogP contribution in [0.25, 0.3) is 0 Å². The fourth-order valence-corrected chi connectivity index (χ4v) is 2.93. The van der Waals surface area contributed by atoms with Crippen LogP contribution in [0, 0.1) is 0 Å². The summed E-state index contributed by atoms with van der Waals surface area (Å²) in [5, 5.41) is 3.74. The lowest BCUT2D eigenvalue weighted by Crippen LogP contribution is -2.34. The van der Waals surface area contributed by atoms with Crippen LogP contribution in [-0.4, -0.2) is 38.2 Å². The first kappa shape index (κ1) is 18.5. The maximum atomic E-state index is 5.28. The Hall–Kier alpha value is -1.84. The minimum Gasteiger partial charge on any atom is -0.497 e. The van der Waals surface area contributed by atoms with Gasteiger partial charge < -0.3 is 15.0 Å². The van der Waals surface area contributed by atoms with Crippen LogP contribution >= 0.6 is 0 Å². The third-order valence-electron chi connectivity index (χ3n) is 4.51. The summed E-state index contributed by atoms with van der Waals surface area (Å²) in [6.45, 7) is 8.70. The van der Waals surface area contributed by atoms with Crippen molar-refractivity contribution in [2.24, 2.45) is 0 Å². The average molecular weight is 326 g/mol. The zero-order valence-corrected chi connectivity index (χ0v) is 15.2. The van der Waals surface area contributed by atoms with Crippen molar-refractivity contribution in [3.05, 3.63) is 65.7 Å². The molecule has 130 valence electrons. The van der Waals surface area contributed by atoms with E-state index in [1.165, 1.54) is 11.1 Å². The Labute approximate surface area is 146 Å². The highest BCUT2D eigenvalue weighted by Crippen LogP contribution is 2.21. The molecule has 0 saturated carbocycles. The first-order chi connectivity index (χ1) is 11.8. The smallest absolute Gasteiger partial charge is 0.118 e. The van der Waals surface area contributed by atoms with Crippen LogP contribution in [-0.2, 0) is 6.42 Å². The van der Waals surface area contributed by atoms with Gasteiger partial charge in [-0.2, -0.15) is 0 Å². The van der Waals surface area contributed by atoms with E-state index in [2.05, 4.69) is 66.5 Å². The van der Waals surface area contributed by atoms with Crippen molar-refractivity contribution in [1.29, 1.82) is 0 Å². The van der Waals surface area contributed by atoms with E-state index in [-0.39, 0.29) is 0 Å². The van der Waals surface area contributed by atoms with E-state index in [1.54, 1.807) is 7.11 Å². The predicted octanol–water partition coefficient (Wildman–Crippen LogP) is 3.91. The van der Waals surface area contributed by atoms with Crippen molar-refractivity contribution in [2.45, 2.75) is 26.3 Å². The van der Waals surface area contributed by atoms with Crippen LogP contribution < -0.4 is 10.1 Å². The number of nitrogens with one attached hydrogen (secondary N) is 1. The third-order valence-corrected chi connectivity index (χ3v) is 4.51. The fraction of sp³-hybridized carbons (Fsp3) is 0.429. The minimum absolute atomic E-state index is 0.314. The van der Waals surface area contributed by atoms with Crippen molar-refractivity contribution in [3.63, 3.8) is 0 Å². The number of methoxy groups -OCH3 is 1. The highest BCUT2D eigenvalue weighted by molar-refractivity contribution is 5.30. The van der Waals surface area contributed by atoms with Gasteiger partial charge in [0.2, 0.25) is 0 Å². The van der Waals surface area contributed by atoms with Gasteiger partial charge in [-0.3, -0.25) is 0 Å². The molecule has 0 spiro atoms. The maximum absolute atomic E-state index is 5.28.